The summed E-state index contributed by atoms with van der Waals surface area (Å²) in [5.74, 6) is 1.91. The third-order valence-electron chi connectivity index (χ3n) is 4.88. The van der Waals surface area contributed by atoms with Gasteiger partial charge in [0.25, 0.3) is 0 Å². The maximum atomic E-state index is 12.8. The van der Waals surface area contributed by atoms with Crippen molar-refractivity contribution in [3.8, 4) is 11.5 Å². The molecule has 1 fully saturated rings. The number of guanidine groups is 1. The van der Waals surface area contributed by atoms with Gasteiger partial charge in [-0.05, 0) is 64.4 Å². The highest BCUT2D eigenvalue weighted by Gasteiger charge is 2.17. The predicted molar refractivity (Wildman–Crippen MR) is 127 cm³/mol. The van der Waals surface area contributed by atoms with Crippen molar-refractivity contribution in [2.24, 2.45) is 10.9 Å². The van der Waals surface area contributed by atoms with Gasteiger partial charge in [0, 0.05) is 24.7 Å². The van der Waals surface area contributed by atoms with E-state index in [1.807, 2.05) is 13.8 Å². The molecule has 0 aromatic heterocycles. The maximum Gasteiger partial charge on any atom is 0.387 e. The van der Waals surface area contributed by atoms with Crippen LogP contribution < -0.4 is 20.1 Å². The number of benzene rings is 1. The molecule has 1 aliphatic heterocycles. The lowest BCUT2D eigenvalue weighted by atomic mass is 9.97. The molecule has 6 nitrogen and oxygen atoms in total. The van der Waals surface area contributed by atoms with Crippen LogP contribution in [0.3, 0.4) is 0 Å². The quantitative estimate of drug-likeness (QED) is 0.266. The molecule has 1 aromatic carbocycles. The Morgan fingerprint density at radius 2 is 1.97 bits per heavy atom. The number of hydrogen-bond donors (Lipinski definition) is 2. The van der Waals surface area contributed by atoms with Gasteiger partial charge < -0.3 is 25.0 Å². The average molecular weight is 540 g/mol. The Labute approximate surface area is 195 Å². The standard InChI is InChI=1S/C21H34F2N4O2.HI/c1-4-12-28-18-7-6-17(19(13-18)29-20(22)23)15-26-21(24-5-2)25-14-16-8-10-27(3)11-9-16;/h6-7,13,16,20H,4-5,8-12,14-15H2,1-3H3,(H2,24,25,26);1H. The Bertz CT molecular complexity index is 641. The van der Waals surface area contributed by atoms with E-state index in [-0.39, 0.29) is 36.3 Å². The second-order valence-electron chi connectivity index (χ2n) is 7.32. The first kappa shape index (κ1) is 26.7. The van der Waals surface area contributed by atoms with Gasteiger partial charge in [-0.25, -0.2) is 4.99 Å². The molecule has 2 N–H and O–H groups in total. The highest BCUT2D eigenvalue weighted by molar-refractivity contribution is 14.0. The molecule has 2 rings (SSSR count). The molecule has 30 heavy (non-hydrogen) atoms. The minimum atomic E-state index is -2.89. The minimum absolute atomic E-state index is 0. The van der Waals surface area contributed by atoms with Gasteiger partial charge in [-0.3, -0.25) is 0 Å². The number of rotatable bonds is 10. The van der Waals surface area contributed by atoms with Crippen LogP contribution in [0.5, 0.6) is 11.5 Å². The van der Waals surface area contributed by atoms with Gasteiger partial charge in [-0.2, -0.15) is 8.78 Å². The van der Waals surface area contributed by atoms with Gasteiger partial charge in [0.05, 0.1) is 13.2 Å². The van der Waals surface area contributed by atoms with Crippen LogP contribution in [0.15, 0.2) is 23.2 Å². The van der Waals surface area contributed by atoms with Crippen molar-refractivity contribution in [3.05, 3.63) is 23.8 Å². The van der Waals surface area contributed by atoms with Crippen LogP contribution in [0.4, 0.5) is 8.78 Å². The number of hydrogen-bond acceptors (Lipinski definition) is 4. The Kier molecular flexibility index (Phi) is 13.0. The molecule has 0 spiro atoms. The largest absolute Gasteiger partial charge is 0.493 e. The van der Waals surface area contributed by atoms with Crippen LogP contribution in [-0.4, -0.2) is 57.3 Å². The van der Waals surface area contributed by atoms with Crippen molar-refractivity contribution in [3.63, 3.8) is 0 Å². The summed E-state index contributed by atoms with van der Waals surface area (Å²) in [6.45, 7) is 5.65. The summed E-state index contributed by atoms with van der Waals surface area (Å²) in [4.78, 5) is 6.90. The van der Waals surface area contributed by atoms with Crippen LogP contribution in [0, 0.1) is 5.92 Å². The normalized spacial score (nSPS) is 15.6. The number of nitrogens with zero attached hydrogens (tertiary/aromatic N) is 2. The lowest BCUT2D eigenvalue weighted by Crippen LogP contribution is -2.42. The molecular formula is C21H35F2IN4O2. The second-order valence-corrected chi connectivity index (χ2v) is 7.32. The molecule has 172 valence electrons. The maximum absolute atomic E-state index is 12.8. The Hall–Kier alpha value is -1.36. The van der Waals surface area contributed by atoms with Crippen molar-refractivity contribution in [1.82, 2.24) is 15.5 Å². The van der Waals surface area contributed by atoms with E-state index in [9.17, 15) is 8.78 Å². The van der Waals surface area contributed by atoms with E-state index in [0.717, 1.165) is 45.4 Å². The minimum Gasteiger partial charge on any atom is -0.493 e. The molecule has 9 heteroatoms. The van der Waals surface area contributed by atoms with Gasteiger partial charge in [-0.1, -0.05) is 6.92 Å². The van der Waals surface area contributed by atoms with Gasteiger partial charge >= 0.3 is 6.61 Å². The SMILES string of the molecule is CCCOc1ccc(CN=C(NCC)NCC2CCN(C)CC2)c(OC(F)F)c1.I. The van der Waals surface area contributed by atoms with E-state index in [1.165, 1.54) is 6.07 Å². The second kappa shape index (κ2) is 14.6. The Balaban J connectivity index is 0.00000450. The third-order valence-corrected chi connectivity index (χ3v) is 4.88. The summed E-state index contributed by atoms with van der Waals surface area (Å²) >= 11 is 0. The van der Waals surface area contributed by atoms with Crippen LogP contribution in [0.1, 0.15) is 38.7 Å². The molecule has 1 aromatic rings. The highest BCUT2D eigenvalue weighted by atomic mass is 127. The van der Waals surface area contributed by atoms with Gasteiger partial charge in [0.2, 0.25) is 0 Å². The predicted octanol–water partition coefficient (Wildman–Crippen LogP) is 4.09. The van der Waals surface area contributed by atoms with E-state index in [0.29, 0.717) is 29.8 Å². The Morgan fingerprint density at radius 1 is 1.23 bits per heavy atom. The summed E-state index contributed by atoms with van der Waals surface area (Å²) in [5, 5.41) is 6.60. The fraction of sp³-hybridized carbons (Fsp3) is 0.667. The number of aliphatic imine (C=N–C) groups is 1. The number of nitrogens with one attached hydrogen (secondary N) is 2. The molecule has 0 aliphatic carbocycles. The van der Waals surface area contributed by atoms with Crippen LogP contribution >= 0.6 is 24.0 Å². The van der Waals surface area contributed by atoms with Gasteiger partial charge in [0.1, 0.15) is 11.5 Å². The summed E-state index contributed by atoms with van der Waals surface area (Å²) in [7, 11) is 2.15. The molecule has 1 saturated heterocycles. The van der Waals surface area contributed by atoms with Crippen molar-refractivity contribution >= 4 is 29.9 Å². The van der Waals surface area contributed by atoms with Crippen LogP contribution in [0.25, 0.3) is 0 Å². The van der Waals surface area contributed by atoms with Crippen molar-refractivity contribution in [2.45, 2.75) is 46.3 Å². The first-order chi connectivity index (χ1) is 14.0. The van der Waals surface area contributed by atoms with Crippen molar-refractivity contribution < 1.29 is 18.3 Å². The molecule has 0 atom stereocenters. The molecular weight excluding hydrogens is 505 g/mol. The first-order valence-corrected chi connectivity index (χ1v) is 10.4. The Morgan fingerprint density at radius 3 is 2.60 bits per heavy atom. The topological polar surface area (TPSA) is 58.1 Å². The molecule has 0 unspecified atom stereocenters. The zero-order valence-electron chi connectivity index (χ0n) is 18.1. The molecule has 0 bridgehead atoms. The number of halogens is 3. The fourth-order valence-electron chi connectivity index (χ4n) is 3.19. The lowest BCUT2D eigenvalue weighted by Gasteiger charge is -2.29. The van der Waals surface area contributed by atoms with E-state index >= 15 is 0 Å². The molecule has 1 heterocycles. The number of alkyl halides is 2. The van der Waals surface area contributed by atoms with Crippen LogP contribution in [0.2, 0.25) is 0 Å². The zero-order valence-corrected chi connectivity index (χ0v) is 20.5. The molecule has 1 aliphatic rings. The van der Waals surface area contributed by atoms with Gasteiger partial charge in [0.15, 0.2) is 5.96 Å². The third kappa shape index (κ3) is 9.63. The van der Waals surface area contributed by atoms with Crippen molar-refractivity contribution in [2.75, 3.05) is 39.8 Å². The summed E-state index contributed by atoms with van der Waals surface area (Å²) in [6, 6.07) is 5.00. The van der Waals surface area contributed by atoms with Gasteiger partial charge in [-0.15, -0.1) is 24.0 Å². The van der Waals surface area contributed by atoms with E-state index < -0.39 is 6.61 Å². The fourth-order valence-corrected chi connectivity index (χ4v) is 3.19. The lowest BCUT2D eigenvalue weighted by molar-refractivity contribution is -0.0505. The number of likely N-dealkylation sites (tertiary alicyclic amines) is 1. The van der Waals surface area contributed by atoms with E-state index in [1.54, 1.807) is 12.1 Å². The smallest absolute Gasteiger partial charge is 0.387 e. The zero-order chi connectivity index (χ0) is 21.1. The highest BCUT2D eigenvalue weighted by Crippen LogP contribution is 2.27. The first-order valence-electron chi connectivity index (χ1n) is 10.4. The average Bonchev–Trinajstić information content (AvgIpc) is 2.70. The monoisotopic (exact) mass is 540 g/mol. The van der Waals surface area contributed by atoms with Crippen molar-refractivity contribution in [1.29, 1.82) is 0 Å². The summed E-state index contributed by atoms with van der Waals surface area (Å²) in [6.07, 6.45) is 3.16. The molecule has 0 saturated carbocycles. The number of ether oxygens (including phenoxy) is 2. The summed E-state index contributed by atoms with van der Waals surface area (Å²) < 4.78 is 35.9. The number of piperidine rings is 1. The summed E-state index contributed by atoms with van der Waals surface area (Å²) in [5.41, 5.74) is 0.589. The van der Waals surface area contributed by atoms with E-state index in [2.05, 4.69) is 27.6 Å². The van der Waals surface area contributed by atoms with E-state index in [4.69, 9.17) is 9.47 Å². The van der Waals surface area contributed by atoms with Crippen LogP contribution in [-0.2, 0) is 6.54 Å². The molecule has 0 radical (unpaired) electrons. The molecule has 0 amide bonds.